The lowest BCUT2D eigenvalue weighted by Crippen LogP contribution is -2.55. The van der Waals surface area contributed by atoms with Gasteiger partial charge in [-0.2, -0.15) is 0 Å². The second-order valence-electron chi connectivity index (χ2n) is 9.07. The third-order valence-electron chi connectivity index (χ3n) is 6.88. The number of halogens is 2. The van der Waals surface area contributed by atoms with Crippen molar-refractivity contribution in [2.45, 2.75) is 19.9 Å². The molecule has 2 aliphatic heterocycles. The van der Waals surface area contributed by atoms with Gasteiger partial charge in [-0.05, 0) is 31.7 Å². The smallest absolute Gasteiger partial charge is 0.295 e. The first-order chi connectivity index (χ1) is 17.3. The van der Waals surface area contributed by atoms with Crippen LogP contribution in [0, 0.1) is 21.7 Å². The summed E-state index contributed by atoms with van der Waals surface area (Å²) in [6.45, 7) is 8.40. The van der Waals surface area contributed by atoms with Crippen LogP contribution >= 0.6 is 0 Å². The first-order valence-electron chi connectivity index (χ1n) is 12.2. The first-order valence-corrected chi connectivity index (χ1v) is 12.2. The lowest BCUT2D eigenvalue weighted by atomic mass is 10.1. The van der Waals surface area contributed by atoms with Gasteiger partial charge in [0.05, 0.1) is 16.7 Å². The molecule has 2 aromatic rings. The molecular weight excluding hydrogens is 472 g/mol. The molecule has 11 heteroatoms. The number of nitro groups is 1. The van der Waals surface area contributed by atoms with Gasteiger partial charge >= 0.3 is 0 Å². The van der Waals surface area contributed by atoms with Crippen molar-refractivity contribution in [3.05, 3.63) is 58.1 Å². The van der Waals surface area contributed by atoms with E-state index >= 15 is 0 Å². The minimum absolute atomic E-state index is 0.00590. The molecule has 0 aromatic heterocycles. The zero-order chi connectivity index (χ0) is 25.8. The fraction of sp³-hybridized carbons (Fsp3) is 0.480. The zero-order valence-electron chi connectivity index (χ0n) is 20.5. The van der Waals surface area contributed by atoms with Crippen molar-refractivity contribution < 1.29 is 23.2 Å². The van der Waals surface area contributed by atoms with E-state index < -0.39 is 16.6 Å². The maximum atomic E-state index is 14.9. The summed E-state index contributed by atoms with van der Waals surface area (Å²) in [4.78, 5) is 31.6. The summed E-state index contributed by atoms with van der Waals surface area (Å²) in [5, 5.41) is 11.8. The van der Waals surface area contributed by atoms with Gasteiger partial charge in [-0.25, -0.2) is 8.78 Å². The molecular formula is C25H31F2N5O4. The Bertz CT molecular complexity index is 1110. The Hall–Kier alpha value is -3.47. The lowest BCUT2D eigenvalue weighted by Gasteiger charge is -2.41. The van der Waals surface area contributed by atoms with Crippen molar-refractivity contribution >= 4 is 23.0 Å². The molecule has 4 rings (SSSR count). The van der Waals surface area contributed by atoms with Gasteiger partial charge in [-0.1, -0.05) is 19.1 Å². The van der Waals surface area contributed by atoms with E-state index in [2.05, 4.69) is 11.8 Å². The molecule has 2 heterocycles. The van der Waals surface area contributed by atoms with Gasteiger partial charge in [0.15, 0.2) is 24.0 Å². The van der Waals surface area contributed by atoms with Crippen LogP contribution in [0.15, 0.2) is 36.4 Å². The molecule has 0 bridgehead atoms. The van der Waals surface area contributed by atoms with Crippen molar-refractivity contribution in [2.75, 3.05) is 68.8 Å². The van der Waals surface area contributed by atoms with E-state index in [1.54, 1.807) is 17.0 Å². The van der Waals surface area contributed by atoms with Crippen LogP contribution < -0.4 is 14.5 Å². The normalized spacial score (nSPS) is 18.9. The van der Waals surface area contributed by atoms with Gasteiger partial charge in [0, 0.05) is 51.9 Å². The molecule has 0 unspecified atom stereocenters. The number of piperazine rings is 2. The molecule has 9 nitrogen and oxygen atoms in total. The number of likely N-dealkylation sites (N-methyl/N-ethyl adjacent to an activating group) is 1. The van der Waals surface area contributed by atoms with Crippen molar-refractivity contribution in [3.63, 3.8) is 0 Å². The highest BCUT2D eigenvalue weighted by Gasteiger charge is 2.32. The predicted octanol–water partition coefficient (Wildman–Crippen LogP) is 3.13. The molecule has 194 valence electrons. The highest BCUT2D eigenvalue weighted by Crippen LogP contribution is 2.36. The van der Waals surface area contributed by atoms with Gasteiger partial charge in [-0.15, -0.1) is 0 Å². The molecule has 0 spiro atoms. The average molecular weight is 504 g/mol. The standard InChI is InChI=1S/C25H31F2N5O4/c1-3-28-8-10-29(11-9-28)21-15-22(23(32(34)35)14-20(21)27)30-12-13-31(18(2)16-30)25(33)17-36-24-7-5-4-6-19(24)26/h4-7,14-15,18H,3,8-13,16-17H2,1-2H3/t18-/m1/s1. The third kappa shape index (κ3) is 5.51. The molecule has 1 atom stereocenters. The number of benzene rings is 2. The number of nitro benzene ring substituents is 1. The molecule has 36 heavy (non-hydrogen) atoms. The minimum atomic E-state index is -0.609. The van der Waals surface area contributed by atoms with Crippen LogP contribution in [0.1, 0.15) is 13.8 Å². The van der Waals surface area contributed by atoms with Gasteiger partial charge in [0.1, 0.15) is 5.69 Å². The van der Waals surface area contributed by atoms with E-state index in [0.717, 1.165) is 25.7 Å². The average Bonchev–Trinajstić information content (AvgIpc) is 2.88. The maximum absolute atomic E-state index is 14.9. The van der Waals surface area contributed by atoms with Crippen molar-refractivity contribution in [1.29, 1.82) is 0 Å². The summed E-state index contributed by atoms with van der Waals surface area (Å²) in [5.74, 6) is -1.44. The third-order valence-corrected chi connectivity index (χ3v) is 6.88. The molecule has 0 saturated carbocycles. The second-order valence-corrected chi connectivity index (χ2v) is 9.07. The molecule has 0 N–H and O–H groups in total. The monoisotopic (exact) mass is 503 g/mol. The fourth-order valence-corrected chi connectivity index (χ4v) is 4.82. The van der Waals surface area contributed by atoms with Crippen LogP contribution in [-0.4, -0.2) is 85.6 Å². The Balaban J connectivity index is 1.47. The highest BCUT2D eigenvalue weighted by molar-refractivity contribution is 5.79. The fourth-order valence-electron chi connectivity index (χ4n) is 4.82. The number of anilines is 2. The number of amides is 1. The summed E-state index contributed by atoms with van der Waals surface area (Å²) >= 11 is 0. The SMILES string of the molecule is CCN1CCN(c2cc(N3CCN(C(=O)COc4ccccc4F)[C@H](C)C3)c([N+](=O)[O-])cc2F)CC1. The summed E-state index contributed by atoms with van der Waals surface area (Å²) < 4.78 is 34.1. The number of carbonyl (C=O) groups is 1. The van der Waals surface area contributed by atoms with Crippen molar-refractivity contribution in [1.82, 2.24) is 9.80 Å². The van der Waals surface area contributed by atoms with E-state index in [1.165, 1.54) is 18.2 Å². The van der Waals surface area contributed by atoms with Crippen LogP contribution in [0.5, 0.6) is 5.75 Å². The Labute approximate surface area is 209 Å². The van der Waals surface area contributed by atoms with Gasteiger partial charge in [0.25, 0.3) is 11.6 Å². The molecule has 0 aliphatic carbocycles. The summed E-state index contributed by atoms with van der Waals surface area (Å²) in [6, 6.07) is 8.17. The van der Waals surface area contributed by atoms with Crippen LogP contribution in [0.4, 0.5) is 25.8 Å². The number of para-hydroxylation sites is 1. The Kier molecular flexibility index (Phi) is 7.88. The second kappa shape index (κ2) is 11.1. The van der Waals surface area contributed by atoms with E-state index in [1.807, 2.05) is 16.7 Å². The number of nitrogens with zero attached hydrogens (tertiary/aromatic N) is 5. The largest absolute Gasteiger partial charge is 0.481 e. The van der Waals surface area contributed by atoms with Crippen LogP contribution in [0.25, 0.3) is 0 Å². The summed E-state index contributed by atoms with van der Waals surface area (Å²) in [5.41, 5.74) is 0.407. The van der Waals surface area contributed by atoms with Crippen LogP contribution in [0.2, 0.25) is 0 Å². The van der Waals surface area contributed by atoms with E-state index in [9.17, 15) is 23.7 Å². The number of carbonyl (C=O) groups excluding carboxylic acids is 1. The predicted molar refractivity (Wildman–Crippen MR) is 133 cm³/mol. The van der Waals surface area contributed by atoms with E-state index in [0.29, 0.717) is 44.1 Å². The van der Waals surface area contributed by atoms with Crippen molar-refractivity contribution in [2.24, 2.45) is 0 Å². The topological polar surface area (TPSA) is 82.4 Å². The summed E-state index contributed by atoms with van der Waals surface area (Å²) in [7, 11) is 0. The number of rotatable bonds is 7. The molecule has 2 fully saturated rings. The minimum Gasteiger partial charge on any atom is -0.481 e. The Morgan fingerprint density at radius 1 is 1.03 bits per heavy atom. The molecule has 2 aromatic carbocycles. The van der Waals surface area contributed by atoms with Crippen LogP contribution in [0.3, 0.4) is 0 Å². The quantitative estimate of drug-likeness (QED) is 0.424. The van der Waals surface area contributed by atoms with Crippen molar-refractivity contribution in [3.8, 4) is 5.75 Å². The van der Waals surface area contributed by atoms with Crippen LogP contribution in [-0.2, 0) is 4.79 Å². The molecule has 1 amide bonds. The van der Waals surface area contributed by atoms with Gasteiger partial charge < -0.3 is 24.3 Å². The Morgan fingerprint density at radius 2 is 1.72 bits per heavy atom. The lowest BCUT2D eigenvalue weighted by molar-refractivity contribution is -0.384. The highest BCUT2D eigenvalue weighted by atomic mass is 19.1. The molecule has 0 radical (unpaired) electrons. The first kappa shape index (κ1) is 25.6. The van der Waals surface area contributed by atoms with Gasteiger partial charge in [0.2, 0.25) is 0 Å². The van der Waals surface area contributed by atoms with Gasteiger partial charge in [-0.3, -0.25) is 14.9 Å². The number of hydrogen-bond acceptors (Lipinski definition) is 7. The number of ether oxygens (including phenoxy) is 1. The van der Waals surface area contributed by atoms with E-state index in [-0.39, 0.29) is 30.0 Å². The molecule has 2 aliphatic rings. The van der Waals surface area contributed by atoms with E-state index in [4.69, 9.17) is 4.74 Å². The zero-order valence-corrected chi connectivity index (χ0v) is 20.5. The Morgan fingerprint density at radius 3 is 2.36 bits per heavy atom. The number of hydrogen-bond donors (Lipinski definition) is 0. The molecule has 2 saturated heterocycles. The summed E-state index contributed by atoms with van der Waals surface area (Å²) in [6.07, 6.45) is 0. The maximum Gasteiger partial charge on any atom is 0.295 e.